The minimum atomic E-state index is -0.507. The molecule has 3 aliphatic rings. The van der Waals surface area contributed by atoms with Gasteiger partial charge in [-0.25, -0.2) is 0 Å². The van der Waals surface area contributed by atoms with Crippen molar-refractivity contribution in [3.63, 3.8) is 0 Å². The maximum atomic E-state index is 13.3. The van der Waals surface area contributed by atoms with Gasteiger partial charge in [0.1, 0.15) is 0 Å². The quantitative estimate of drug-likeness (QED) is 0.868. The molecule has 1 saturated heterocycles. The van der Waals surface area contributed by atoms with E-state index in [1.54, 1.807) is 12.4 Å². The Kier molecular flexibility index (Phi) is 5.28. The Hall–Kier alpha value is -2.17. The maximum Gasteiger partial charge on any atom is 0.232 e. The van der Waals surface area contributed by atoms with Gasteiger partial charge >= 0.3 is 0 Å². The molecule has 2 aliphatic carbocycles. The van der Waals surface area contributed by atoms with E-state index in [9.17, 15) is 9.59 Å². The average molecular weight is 367 g/mol. The average Bonchev–Trinajstić information content (AvgIpc) is 3.23. The zero-order chi connectivity index (χ0) is 18.7. The highest BCUT2D eigenvalue weighted by atomic mass is 16.2. The molecule has 1 atom stereocenters. The topological polar surface area (TPSA) is 62.3 Å². The van der Waals surface area contributed by atoms with Crippen LogP contribution in [0.5, 0.6) is 0 Å². The van der Waals surface area contributed by atoms with E-state index < -0.39 is 5.41 Å². The lowest BCUT2D eigenvalue weighted by atomic mass is 9.68. The van der Waals surface area contributed by atoms with Gasteiger partial charge in [-0.1, -0.05) is 18.9 Å². The summed E-state index contributed by atoms with van der Waals surface area (Å²) < 4.78 is 0. The van der Waals surface area contributed by atoms with Gasteiger partial charge < -0.3 is 10.2 Å². The van der Waals surface area contributed by atoms with Crippen LogP contribution in [0.15, 0.2) is 36.3 Å². The number of aromatic nitrogens is 1. The van der Waals surface area contributed by atoms with Gasteiger partial charge in [0.15, 0.2) is 0 Å². The van der Waals surface area contributed by atoms with Crippen molar-refractivity contribution in [2.45, 2.75) is 70.3 Å². The Bertz CT molecular complexity index is 724. The molecule has 1 aromatic rings. The molecule has 1 unspecified atom stereocenters. The minimum Gasteiger partial charge on any atom is -0.355 e. The number of amides is 2. The van der Waals surface area contributed by atoms with Crippen molar-refractivity contribution in [3.8, 4) is 0 Å². The number of piperidine rings is 1. The van der Waals surface area contributed by atoms with Gasteiger partial charge in [0, 0.05) is 37.1 Å². The molecule has 1 saturated carbocycles. The Morgan fingerprint density at radius 3 is 2.74 bits per heavy atom. The van der Waals surface area contributed by atoms with Crippen molar-refractivity contribution >= 4 is 11.8 Å². The SMILES string of the molecule is O=C1CCC2(C(=O)NCCc3ccncc3)CCCC=C2N1C1CCCC1. The van der Waals surface area contributed by atoms with E-state index >= 15 is 0 Å². The molecule has 1 aliphatic heterocycles. The first-order valence-corrected chi connectivity index (χ1v) is 10.4. The predicted octanol–water partition coefficient (Wildman–Crippen LogP) is 3.36. The zero-order valence-electron chi connectivity index (χ0n) is 16.0. The summed E-state index contributed by atoms with van der Waals surface area (Å²) >= 11 is 0. The van der Waals surface area contributed by atoms with Crippen LogP contribution in [0.4, 0.5) is 0 Å². The van der Waals surface area contributed by atoms with E-state index in [0.29, 0.717) is 25.4 Å². The number of likely N-dealkylation sites (tertiary alicyclic amines) is 1. The largest absolute Gasteiger partial charge is 0.355 e. The first kappa shape index (κ1) is 18.2. The van der Waals surface area contributed by atoms with Crippen molar-refractivity contribution in [1.29, 1.82) is 0 Å². The number of nitrogens with zero attached hydrogens (tertiary/aromatic N) is 2. The summed E-state index contributed by atoms with van der Waals surface area (Å²) in [6, 6.07) is 4.26. The summed E-state index contributed by atoms with van der Waals surface area (Å²) in [5, 5.41) is 3.18. The summed E-state index contributed by atoms with van der Waals surface area (Å²) in [5.41, 5.74) is 1.68. The number of rotatable bonds is 5. The van der Waals surface area contributed by atoms with E-state index in [1.165, 1.54) is 18.4 Å². The van der Waals surface area contributed by atoms with Gasteiger partial charge in [0.05, 0.1) is 5.41 Å². The van der Waals surface area contributed by atoms with E-state index in [1.807, 2.05) is 17.0 Å². The first-order valence-electron chi connectivity index (χ1n) is 10.4. The van der Waals surface area contributed by atoms with Crippen LogP contribution in [0, 0.1) is 5.41 Å². The van der Waals surface area contributed by atoms with Crippen molar-refractivity contribution in [3.05, 3.63) is 41.9 Å². The monoisotopic (exact) mass is 367 g/mol. The molecule has 0 aromatic carbocycles. The molecule has 2 fully saturated rings. The number of carbonyl (C=O) groups is 2. The third-order valence-electron chi connectivity index (χ3n) is 6.50. The fraction of sp³-hybridized carbons (Fsp3) is 0.591. The molecule has 0 spiro atoms. The Morgan fingerprint density at radius 2 is 1.96 bits per heavy atom. The van der Waals surface area contributed by atoms with Crippen LogP contribution >= 0.6 is 0 Å². The van der Waals surface area contributed by atoms with Gasteiger partial charge in [-0.3, -0.25) is 14.6 Å². The second kappa shape index (κ2) is 7.83. The van der Waals surface area contributed by atoms with Crippen molar-refractivity contribution in [2.75, 3.05) is 6.54 Å². The molecule has 2 heterocycles. The number of allylic oxidation sites excluding steroid dienone is 1. The minimum absolute atomic E-state index is 0.109. The normalized spacial score (nSPS) is 25.9. The predicted molar refractivity (Wildman–Crippen MR) is 104 cm³/mol. The van der Waals surface area contributed by atoms with Crippen LogP contribution in [0.3, 0.4) is 0 Å². The summed E-state index contributed by atoms with van der Waals surface area (Å²) in [6.07, 6.45) is 15.1. The molecule has 0 radical (unpaired) electrons. The Morgan fingerprint density at radius 1 is 1.19 bits per heavy atom. The lowest BCUT2D eigenvalue weighted by molar-refractivity contribution is -0.142. The van der Waals surface area contributed by atoms with Crippen molar-refractivity contribution < 1.29 is 9.59 Å². The highest BCUT2D eigenvalue weighted by Gasteiger charge is 2.51. The Balaban J connectivity index is 1.50. The van der Waals surface area contributed by atoms with Crippen LogP contribution in [0.1, 0.15) is 63.4 Å². The van der Waals surface area contributed by atoms with E-state index in [0.717, 1.165) is 44.2 Å². The number of hydrogen-bond acceptors (Lipinski definition) is 3. The first-order chi connectivity index (χ1) is 13.2. The molecule has 1 aromatic heterocycles. The summed E-state index contributed by atoms with van der Waals surface area (Å²) in [6.45, 7) is 0.620. The molecule has 4 rings (SSSR count). The lowest BCUT2D eigenvalue weighted by Gasteiger charge is -2.48. The van der Waals surface area contributed by atoms with Crippen molar-refractivity contribution in [2.24, 2.45) is 5.41 Å². The van der Waals surface area contributed by atoms with Crippen molar-refractivity contribution in [1.82, 2.24) is 15.2 Å². The fourth-order valence-electron chi connectivity index (χ4n) is 5.07. The summed E-state index contributed by atoms with van der Waals surface area (Å²) in [5.74, 6) is 0.327. The van der Waals surface area contributed by atoms with Gasteiger partial charge in [0.2, 0.25) is 11.8 Å². The zero-order valence-corrected chi connectivity index (χ0v) is 16.0. The number of pyridine rings is 1. The third-order valence-corrected chi connectivity index (χ3v) is 6.50. The Labute approximate surface area is 161 Å². The molecule has 5 nitrogen and oxygen atoms in total. The second-order valence-electron chi connectivity index (χ2n) is 8.13. The van der Waals surface area contributed by atoms with Gasteiger partial charge in [-0.15, -0.1) is 0 Å². The highest BCUT2D eigenvalue weighted by molar-refractivity contribution is 5.91. The van der Waals surface area contributed by atoms with Crippen LogP contribution in [0.2, 0.25) is 0 Å². The smallest absolute Gasteiger partial charge is 0.232 e. The van der Waals surface area contributed by atoms with Crippen LogP contribution in [-0.2, 0) is 16.0 Å². The summed E-state index contributed by atoms with van der Waals surface area (Å²) in [4.78, 5) is 32.1. The van der Waals surface area contributed by atoms with Crippen LogP contribution < -0.4 is 5.32 Å². The van der Waals surface area contributed by atoms with Gasteiger partial charge in [-0.05, 0) is 62.6 Å². The molecular formula is C22H29N3O2. The number of nitrogens with one attached hydrogen (secondary N) is 1. The highest BCUT2D eigenvalue weighted by Crippen LogP contribution is 2.48. The number of hydrogen-bond donors (Lipinski definition) is 1. The lowest BCUT2D eigenvalue weighted by Crippen LogP contribution is -2.55. The maximum absolute atomic E-state index is 13.3. The molecule has 2 amide bonds. The molecule has 1 N–H and O–H groups in total. The summed E-state index contributed by atoms with van der Waals surface area (Å²) in [7, 11) is 0. The van der Waals surface area contributed by atoms with Gasteiger partial charge in [-0.2, -0.15) is 0 Å². The molecule has 27 heavy (non-hydrogen) atoms. The second-order valence-corrected chi connectivity index (χ2v) is 8.13. The van der Waals surface area contributed by atoms with Crippen LogP contribution in [0.25, 0.3) is 0 Å². The third kappa shape index (κ3) is 3.52. The number of fused-ring (bicyclic) bond motifs is 1. The fourth-order valence-corrected chi connectivity index (χ4v) is 5.07. The molecule has 5 heteroatoms. The molecular weight excluding hydrogens is 338 g/mol. The molecule has 0 bridgehead atoms. The standard InChI is InChI=1S/C22H29N3O2/c26-20-8-13-22(21(27)24-16-11-17-9-14-23-15-10-17)12-4-3-7-19(22)25(20)18-5-1-2-6-18/h7,9-10,14-15,18H,1-6,8,11-13,16H2,(H,24,27). The van der Waals surface area contributed by atoms with E-state index in [4.69, 9.17) is 0 Å². The molecule has 144 valence electrons. The van der Waals surface area contributed by atoms with E-state index in [2.05, 4.69) is 16.4 Å². The number of carbonyl (C=O) groups excluding carboxylic acids is 2. The van der Waals surface area contributed by atoms with Crippen LogP contribution in [-0.4, -0.2) is 34.3 Å². The van der Waals surface area contributed by atoms with E-state index in [-0.39, 0.29) is 11.8 Å². The van der Waals surface area contributed by atoms with Gasteiger partial charge in [0.25, 0.3) is 0 Å².